The Bertz CT molecular complexity index is 923. The Balaban J connectivity index is 2.45. The zero-order valence-corrected chi connectivity index (χ0v) is 13.0. The lowest BCUT2D eigenvalue weighted by atomic mass is 10.0. The maximum atomic E-state index is 11.2. The molecule has 0 aliphatic heterocycles. The number of aromatic carboxylic acids is 4. The molecule has 0 saturated carbocycles. The van der Waals surface area contributed by atoms with Crippen molar-refractivity contribution in [2.75, 3.05) is 0 Å². The second kappa shape index (κ2) is 7.31. The predicted molar refractivity (Wildman–Crippen MR) is 89.6 cm³/mol. The van der Waals surface area contributed by atoms with Crippen molar-refractivity contribution in [3.05, 3.63) is 69.8 Å². The smallest absolute Gasteiger partial charge is 0.336 e. The number of benzene rings is 2. The number of carboxylic acid groups (broad SMARTS) is 4. The van der Waals surface area contributed by atoms with Crippen LogP contribution in [-0.4, -0.2) is 44.3 Å². The second-order valence-corrected chi connectivity index (χ2v) is 5.20. The molecule has 0 spiro atoms. The summed E-state index contributed by atoms with van der Waals surface area (Å²) < 4.78 is 0. The molecule has 8 heteroatoms. The van der Waals surface area contributed by atoms with Gasteiger partial charge < -0.3 is 20.4 Å². The molecule has 0 aliphatic carbocycles. The fourth-order valence-electron chi connectivity index (χ4n) is 2.22. The van der Waals surface area contributed by atoms with E-state index in [0.717, 1.165) is 18.2 Å². The van der Waals surface area contributed by atoms with E-state index in [0.29, 0.717) is 5.56 Å². The molecular formula is C18H12O8. The largest absolute Gasteiger partial charge is 0.478 e. The molecule has 132 valence electrons. The average Bonchev–Trinajstić information content (AvgIpc) is 2.59. The second-order valence-electron chi connectivity index (χ2n) is 5.20. The summed E-state index contributed by atoms with van der Waals surface area (Å²) in [6.45, 7) is 0. The first-order valence-corrected chi connectivity index (χ1v) is 7.09. The van der Waals surface area contributed by atoms with Crippen LogP contribution in [0.15, 0.2) is 36.4 Å². The normalized spacial score (nSPS) is 10.6. The van der Waals surface area contributed by atoms with E-state index < -0.39 is 29.4 Å². The molecule has 0 unspecified atom stereocenters. The van der Waals surface area contributed by atoms with Gasteiger partial charge in [0.25, 0.3) is 0 Å². The van der Waals surface area contributed by atoms with Crippen LogP contribution in [0.2, 0.25) is 0 Å². The Morgan fingerprint density at radius 2 is 1.08 bits per heavy atom. The first-order chi connectivity index (χ1) is 12.2. The highest BCUT2D eigenvalue weighted by molar-refractivity contribution is 6.02. The van der Waals surface area contributed by atoms with Gasteiger partial charge in [0.1, 0.15) is 0 Å². The van der Waals surface area contributed by atoms with Crippen LogP contribution in [0.5, 0.6) is 0 Å². The summed E-state index contributed by atoms with van der Waals surface area (Å²) >= 11 is 0. The third-order valence-electron chi connectivity index (χ3n) is 3.42. The van der Waals surface area contributed by atoms with E-state index in [1.165, 1.54) is 30.4 Å². The summed E-state index contributed by atoms with van der Waals surface area (Å²) in [7, 11) is 0. The summed E-state index contributed by atoms with van der Waals surface area (Å²) in [4.78, 5) is 44.4. The average molecular weight is 356 g/mol. The molecule has 2 aromatic carbocycles. The number of hydrogen-bond donors (Lipinski definition) is 4. The molecule has 0 amide bonds. The quantitative estimate of drug-likeness (QED) is 0.577. The van der Waals surface area contributed by atoms with Crippen molar-refractivity contribution in [1.29, 1.82) is 0 Å². The van der Waals surface area contributed by atoms with Gasteiger partial charge in [0.15, 0.2) is 0 Å². The minimum atomic E-state index is -1.40. The van der Waals surface area contributed by atoms with E-state index in [2.05, 4.69) is 0 Å². The van der Waals surface area contributed by atoms with Gasteiger partial charge in [0.2, 0.25) is 0 Å². The molecule has 0 radical (unpaired) electrons. The first-order valence-electron chi connectivity index (χ1n) is 7.09. The Hall–Kier alpha value is -3.94. The molecule has 2 rings (SSSR count). The molecule has 0 atom stereocenters. The molecule has 0 aromatic heterocycles. The van der Waals surface area contributed by atoms with Crippen LogP contribution >= 0.6 is 0 Å². The predicted octanol–water partition coefficient (Wildman–Crippen LogP) is 2.65. The Labute approximate surface area is 146 Å². The Kier molecular flexibility index (Phi) is 5.17. The summed E-state index contributed by atoms with van der Waals surface area (Å²) in [5, 5.41) is 36.2. The maximum absolute atomic E-state index is 11.2. The van der Waals surface area contributed by atoms with Gasteiger partial charge in [-0.2, -0.15) is 0 Å². The lowest BCUT2D eigenvalue weighted by molar-refractivity contribution is 0.0651. The van der Waals surface area contributed by atoms with E-state index in [1.807, 2.05) is 0 Å². The highest BCUT2D eigenvalue weighted by Crippen LogP contribution is 2.17. The molecule has 0 heterocycles. The summed E-state index contributed by atoms with van der Waals surface area (Å²) in [5.41, 5.74) is -0.554. The van der Waals surface area contributed by atoms with E-state index in [-0.39, 0.29) is 22.3 Å². The molecule has 2 aromatic rings. The zero-order valence-electron chi connectivity index (χ0n) is 13.0. The van der Waals surface area contributed by atoms with Crippen LogP contribution in [0.4, 0.5) is 0 Å². The van der Waals surface area contributed by atoms with Gasteiger partial charge in [-0.1, -0.05) is 18.2 Å². The van der Waals surface area contributed by atoms with Gasteiger partial charge in [-0.25, -0.2) is 19.2 Å². The van der Waals surface area contributed by atoms with Crippen molar-refractivity contribution in [3.8, 4) is 0 Å². The first kappa shape index (κ1) is 18.4. The van der Waals surface area contributed by atoms with Gasteiger partial charge in [-0.3, -0.25) is 0 Å². The van der Waals surface area contributed by atoms with Crippen LogP contribution in [0.3, 0.4) is 0 Å². The van der Waals surface area contributed by atoms with Gasteiger partial charge in [0.05, 0.1) is 22.3 Å². The van der Waals surface area contributed by atoms with Crippen LogP contribution in [0.1, 0.15) is 52.6 Å². The topological polar surface area (TPSA) is 149 Å². The van der Waals surface area contributed by atoms with Crippen molar-refractivity contribution in [2.45, 2.75) is 0 Å². The molecule has 0 aliphatic rings. The Morgan fingerprint density at radius 3 is 1.54 bits per heavy atom. The van der Waals surface area contributed by atoms with Gasteiger partial charge in [-0.05, 0) is 41.5 Å². The molecular weight excluding hydrogens is 344 g/mol. The number of carbonyl (C=O) groups is 4. The third-order valence-corrected chi connectivity index (χ3v) is 3.42. The number of carboxylic acids is 4. The zero-order chi connectivity index (χ0) is 19.4. The molecule has 0 bridgehead atoms. The van der Waals surface area contributed by atoms with Gasteiger partial charge in [-0.15, -0.1) is 0 Å². The summed E-state index contributed by atoms with van der Waals surface area (Å²) in [6.07, 6.45) is 2.82. The fourth-order valence-corrected chi connectivity index (χ4v) is 2.22. The van der Waals surface area contributed by atoms with Crippen LogP contribution in [-0.2, 0) is 0 Å². The summed E-state index contributed by atoms with van der Waals surface area (Å²) in [6, 6.07) is 7.21. The maximum Gasteiger partial charge on any atom is 0.336 e. The molecule has 0 saturated heterocycles. The van der Waals surface area contributed by atoms with Crippen molar-refractivity contribution in [1.82, 2.24) is 0 Å². The number of hydrogen-bond acceptors (Lipinski definition) is 4. The highest BCUT2D eigenvalue weighted by Gasteiger charge is 2.16. The lowest BCUT2D eigenvalue weighted by Gasteiger charge is -2.04. The van der Waals surface area contributed by atoms with E-state index in [1.54, 1.807) is 0 Å². The minimum absolute atomic E-state index is 0.211. The third kappa shape index (κ3) is 4.12. The standard InChI is InChI=1S/C18H12O8/c19-15(20)11-5-10(6-12(8-11)16(21)22)2-1-9-3-4-13(17(23)24)14(7-9)18(25)26/h1-8H,(H,19,20)(H,21,22)(H,23,24)(H,25,26)/b2-1-. The highest BCUT2D eigenvalue weighted by atomic mass is 16.4. The van der Waals surface area contributed by atoms with E-state index >= 15 is 0 Å². The van der Waals surface area contributed by atoms with Gasteiger partial charge in [0, 0.05) is 0 Å². The molecule has 26 heavy (non-hydrogen) atoms. The molecule has 8 nitrogen and oxygen atoms in total. The number of rotatable bonds is 6. The van der Waals surface area contributed by atoms with E-state index in [9.17, 15) is 19.2 Å². The van der Waals surface area contributed by atoms with Gasteiger partial charge >= 0.3 is 23.9 Å². The van der Waals surface area contributed by atoms with Crippen LogP contribution in [0, 0.1) is 0 Å². The van der Waals surface area contributed by atoms with Crippen LogP contribution < -0.4 is 0 Å². The minimum Gasteiger partial charge on any atom is -0.478 e. The van der Waals surface area contributed by atoms with Crippen molar-refractivity contribution in [2.24, 2.45) is 0 Å². The fraction of sp³-hybridized carbons (Fsp3) is 0. The monoisotopic (exact) mass is 356 g/mol. The van der Waals surface area contributed by atoms with Crippen LogP contribution in [0.25, 0.3) is 12.2 Å². The van der Waals surface area contributed by atoms with Crippen molar-refractivity contribution >= 4 is 36.0 Å². The van der Waals surface area contributed by atoms with E-state index in [4.69, 9.17) is 20.4 Å². The molecule has 0 fully saturated rings. The summed E-state index contributed by atoms with van der Waals surface area (Å²) in [5.74, 6) is -5.36. The SMILES string of the molecule is O=C(O)c1cc(/C=C\c2ccc(C(=O)O)c(C(=O)O)c2)cc(C(=O)O)c1. The lowest BCUT2D eigenvalue weighted by Crippen LogP contribution is -2.08. The van der Waals surface area contributed by atoms with Crippen molar-refractivity contribution < 1.29 is 39.6 Å². The Morgan fingerprint density at radius 1 is 0.577 bits per heavy atom. The van der Waals surface area contributed by atoms with Crippen molar-refractivity contribution in [3.63, 3.8) is 0 Å². The molecule has 4 N–H and O–H groups in total.